The normalized spacial score (nSPS) is 19.8. The number of rotatable bonds is 39. The fourth-order valence-corrected chi connectivity index (χ4v) is 9.11. The number of nitrogens with two attached hydrogens (primary N) is 6. The van der Waals surface area contributed by atoms with Gasteiger partial charge in [0.15, 0.2) is 5.96 Å². The molecule has 7 atom stereocenters. The molecule has 24 heteroatoms. The Labute approximate surface area is 464 Å². The highest BCUT2D eigenvalue weighted by molar-refractivity contribution is 5.97. The molecule has 0 saturated carbocycles. The van der Waals surface area contributed by atoms with Gasteiger partial charge in [0, 0.05) is 13.1 Å². The molecule has 1 fully saturated rings. The van der Waals surface area contributed by atoms with Crippen molar-refractivity contribution >= 4 is 53.2 Å². The molecule has 1 heterocycles. The molecule has 7 unspecified atom stereocenters. The minimum atomic E-state index is -1.26. The number of nitrogens with zero attached hydrogens (tertiary/aromatic N) is 1. The molecule has 0 radical (unpaired) electrons. The predicted molar refractivity (Wildman–Crippen MR) is 305 cm³/mol. The molecule has 1 saturated heterocycles. The largest absolute Gasteiger partial charge is 0.393 e. The number of hydrogen-bond acceptors (Lipinski definition) is 14. The van der Waals surface area contributed by atoms with E-state index in [0.717, 1.165) is 25.7 Å². The van der Waals surface area contributed by atoms with E-state index in [1.165, 1.54) is 44.9 Å². The van der Waals surface area contributed by atoms with Gasteiger partial charge in [-0.05, 0) is 142 Å². The number of carbonyl (C=O) groups is 8. The van der Waals surface area contributed by atoms with Crippen molar-refractivity contribution in [2.45, 2.75) is 242 Å². The Morgan fingerprint density at radius 3 is 1.47 bits per heavy atom. The maximum absolute atomic E-state index is 14.4. The maximum Gasteiger partial charge on any atom is 0.243 e. The lowest BCUT2D eigenvalue weighted by molar-refractivity contribution is -0.135. The smallest absolute Gasteiger partial charge is 0.243 e. The summed E-state index contributed by atoms with van der Waals surface area (Å²) in [6, 6.07) is -6.87. The number of nitrogens with one attached hydrogen (secondary N) is 8. The summed E-state index contributed by atoms with van der Waals surface area (Å²) >= 11 is 0. The van der Waals surface area contributed by atoms with Crippen LogP contribution in [0.25, 0.3) is 0 Å². The molecule has 450 valence electrons. The van der Waals surface area contributed by atoms with Crippen molar-refractivity contribution in [2.75, 3.05) is 45.8 Å². The van der Waals surface area contributed by atoms with Gasteiger partial charge in [-0.25, -0.2) is 0 Å². The van der Waals surface area contributed by atoms with Gasteiger partial charge in [0.05, 0.1) is 19.1 Å². The van der Waals surface area contributed by atoms with Crippen LogP contribution in [0.5, 0.6) is 0 Å². The molecular weight excluding hydrogens is 1000 g/mol. The Morgan fingerprint density at radius 2 is 1.01 bits per heavy atom. The first kappa shape index (κ1) is 70.8. The summed E-state index contributed by atoms with van der Waals surface area (Å²) in [4.78, 5) is 115. The first-order valence-corrected chi connectivity index (χ1v) is 29.5. The molecule has 1 aliphatic heterocycles. The van der Waals surface area contributed by atoms with E-state index < -0.39 is 96.2 Å². The summed E-state index contributed by atoms with van der Waals surface area (Å²) in [6.07, 6.45) is 18.0. The molecule has 0 bridgehead atoms. The SMILES string of the molecule is CCCCCCCCCCCCCC(O)CC(=O)NCC(=O)NC(CCCN=C(N)N)C(=O)NC1CCCCNC(=O)C(CCCCN)NC(=O)C(CCCCN)NC(=O)C(CCCCN)NC(=O)C(CCCCN)NC1=O. The lowest BCUT2D eigenvalue weighted by Crippen LogP contribution is -2.59. The fourth-order valence-electron chi connectivity index (χ4n) is 9.11. The van der Waals surface area contributed by atoms with Crippen molar-refractivity contribution in [3.8, 4) is 0 Å². The van der Waals surface area contributed by atoms with Crippen LogP contribution in [0.3, 0.4) is 0 Å². The van der Waals surface area contributed by atoms with Gasteiger partial charge in [0.1, 0.15) is 36.3 Å². The average Bonchev–Trinajstić information content (AvgIpc) is 3.41. The van der Waals surface area contributed by atoms with Gasteiger partial charge in [0.2, 0.25) is 47.3 Å². The number of aliphatic imine (C=N–C) groups is 1. The minimum absolute atomic E-state index is 0.0228. The van der Waals surface area contributed by atoms with E-state index >= 15 is 0 Å². The number of amides is 8. The summed E-state index contributed by atoms with van der Waals surface area (Å²) in [5.41, 5.74) is 34.2. The van der Waals surface area contributed by atoms with E-state index in [9.17, 15) is 43.5 Å². The van der Waals surface area contributed by atoms with Gasteiger partial charge in [-0.2, -0.15) is 0 Å². The van der Waals surface area contributed by atoms with E-state index in [1.54, 1.807) is 0 Å². The standard InChI is InChI=1S/C54H105N15O9/c1-2-3-4-5-6-7-8-9-10-11-12-24-39(70)37-46(71)63-38-47(72)64-41(30-23-36-62-54(59)60)49(74)66-45-29-17-22-35-61-48(73)40(25-13-18-31-55)65-50(75)42(26-14-19-32-56)67-51(76)43(27-15-20-33-57)68-52(77)44(69-53(45)78)28-16-21-34-58/h39-45,70H,2-38,55-58H2,1H3,(H,61,73)(H,63,71)(H,64,72)(H,65,75)(H,66,74)(H,67,76)(H,68,77)(H,69,78)(H4,59,60,62). The summed E-state index contributed by atoms with van der Waals surface area (Å²) in [5, 5.41) is 32.6. The average molecular weight is 1110 g/mol. The molecular formula is C54H105N15O9. The van der Waals surface area contributed by atoms with E-state index in [1.807, 2.05) is 0 Å². The lowest BCUT2D eigenvalue weighted by atomic mass is 10.0. The minimum Gasteiger partial charge on any atom is -0.393 e. The predicted octanol–water partition coefficient (Wildman–Crippen LogP) is 0.333. The molecule has 0 aromatic heterocycles. The molecule has 8 amide bonds. The molecule has 24 nitrogen and oxygen atoms in total. The zero-order chi connectivity index (χ0) is 57.8. The van der Waals surface area contributed by atoms with Crippen LogP contribution in [-0.4, -0.2) is 146 Å². The third-order valence-corrected chi connectivity index (χ3v) is 13.8. The second-order valence-electron chi connectivity index (χ2n) is 20.8. The quantitative estimate of drug-likeness (QED) is 0.0224. The van der Waals surface area contributed by atoms with Gasteiger partial charge < -0.3 is 82.0 Å². The van der Waals surface area contributed by atoms with Crippen molar-refractivity contribution in [2.24, 2.45) is 39.4 Å². The van der Waals surface area contributed by atoms with Gasteiger partial charge in [0.25, 0.3) is 0 Å². The number of guanidine groups is 1. The lowest BCUT2D eigenvalue weighted by Gasteiger charge is -2.28. The van der Waals surface area contributed by atoms with Crippen molar-refractivity contribution in [3.63, 3.8) is 0 Å². The Morgan fingerprint density at radius 1 is 0.564 bits per heavy atom. The van der Waals surface area contributed by atoms with Crippen LogP contribution in [0.4, 0.5) is 0 Å². The molecule has 0 aliphatic carbocycles. The zero-order valence-corrected chi connectivity index (χ0v) is 47.3. The molecule has 0 spiro atoms. The Hall–Kier alpha value is -5.17. The van der Waals surface area contributed by atoms with Gasteiger partial charge in [-0.1, -0.05) is 77.6 Å². The summed E-state index contributed by atoms with van der Waals surface area (Å²) in [6.45, 7) is 3.35. The Kier molecular flexibility index (Phi) is 41.5. The maximum atomic E-state index is 14.4. The van der Waals surface area contributed by atoms with Gasteiger partial charge in [-0.15, -0.1) is 0 Å². The van der Waals surface area contributed by atoms with E-state index in [-0.39, 0.29) is 76.8 Å². The van der Waals surface area contributed by atoms with Gasteiger partial charge >= 0.3 is 0 Å². The van der Waals surface area contributed by atoms with E-state index in [2.05, 4.69) is 54.5 Å². The van der Waals surface area contributed by atoms with Crippen molar-refractivity contribution in [1.82, 2.24) is 42.5 Å². The molecule has 0 aromatic rings. The molecule has 1 aliphatic rings. The highest BCUT2D eigenvalue weighted by Crippen LogP contribution is 2.15. The highest BCUT2D eigenvalue weighted by Gasteiger charge is 2.33. The number of aliphatic hydroxyl groups excluding tert-OH is 1. The second kappa shape index (κ2) is 45.7. The second-order valence-corrected chi connectivity index (χ2v) is 20.8. The number of unbranched alkanes of at least 4 members (excludes halogenated alkanes) is 14. The van der Waals surface area contributed by atoms with Crippen molar-refractivity contribution in [1.29, 1.82) is 0 Å². The topological polar surface area (TPSA) is 422 Å². The third-order valence-electron chi connectivity index (χ3n) is 13.8. The van der Waals surface area contributed by atoms with Crippen LogP contribution < -0.4 is 76.9 Å². The first-order valence-electron chi connectivity index (χ1n) is 29.5. The van der Waals surface area contributed by atoms with Crippen LogP contribution in [0.2, 0.25) is 0 Å². The van der Waals surface area contributed by atoms with E-state index in [4.69, 9.17) is 34.4 Å². The van der Waals surface area contributed by atoms with Crippen LogP contribution in [0, 0.1) is 0 Å². The van der Waals surface area contributed by atoms with Crippen LogP contribution in [-0.2, 0) is 38.4 Å². The Balaban J connectivity index is 3.39. The molecule has 78 heavy (non-hydrogen) atoms. The summed E-state index contributed by atoms with van der Waals surface area (Å²) in [7, 11) is 0. The van der Waals surface area contributed by atoms with Crippen molar-refractivity contribution < 1.29 is 43.5 Å². The monoisotopic (exact) mass is 1110 g/mol. The molecule has 0 aromatic carbocycles. The number of carbonyl (C=O) groups excluding carboxylic acids is 8. The van der Waals surface area contributed by atoms with Crippen molar-refractivity contribution in [3.05, 3.63) is 0 Å². The zero-order valence-electron chi connectivity index (χ0n) is 47.3. The summed E-state index contributed by atoms with van der Waals surface area (Å²) in [5.74, 6) is -5.21. The summed E-state index contributed by atoms with van der Waals surface area (Å²) < 4.78 is 0. The number of hydrogen-bond donors (Lipinski definition) is 15. The Bertz CT molecular complexity index is 1740. The van der Waals surface area contributed by atoms with Crippen LogP contribution >= 0.6 is 0 Å². The van der Waals surface area contributed by atoms with Crippen LogP contribution in [0.15, 0.2) is 4.99 Å². The molecule has 21 N–H and O–H groups in total. The third kappa shape index (κ3) is 34.7. The fraction of sp³-hybridized carbons (Fsp3) is 0.833. The van der Waals surface area contributed by atoms with E-state index in [0.29, 0.717) is 90.4 Å². The first-order chi connectivity index (χ1) is 37.6. The molecule has 1 rings (SSSR count). The van der Waals surface area contributed by atoms with Gasteiger partial charge in [-0.3, -0.25) is 43.3 Å². The highest BCUT2D eigenvalue weighted by atomic mass is 16.3. The van der Waals surface area contributed by atoms with Crippen LogP contribution in [0.1, 0.15) is 200 Å². The number of aliphatic hydroxyl groups is 1.